The van der Waals surface area contributed by atoms with E-state index in [1.807, 2.05) is 11.4 Å². The molecule has 1 fully saturated rings. The van der Waals surface area contributed by atoms with Crippen LogP contribution in [-0.4, -0.2) is 43.5 Å². The Bertz CT molecular complexity index is 396. The lowest BCUT2D eigenvalue weighted by molar-refractivity contribution is -0.116. The predicted molar refractivity (Wildman–Crippen MR) is 74.6 cm³/mol. The molecule has 0 saturated carbocycles. The van der Waals surface area contributed by atoms with E-state index >= 15 is 0 Å². The minimum Gasteiger partial charge on any atom is -0.318 e. The van der Waals surface area contributed by atoms with E-state index in [9.17, 15) is 4.79 Å². The molecule has 6 heteroatoms. The number of rotatable bonds is 3. The molecule has 2 heterocycles. The number of thiophene rings is 1. The molecule has 1 atom stereocenters. The minimum atomic E-state index is 0.0761. The number of amides is 1. The summed E-state index contributed by atoms with van der Waals surface area (Å²) in [6.45, 7) is 2.94. The zero-order chi connectivity index (χ0) is 12.3. The summed E-state index contributed by atoms with van der Waals surface area (Å²) in [6.07, 6.45) is 0.528. The summed E-state index contributed by atoms with van der Waals surface area (Å²) < 4.78 is 1.01. The summed E-state index contributed by atoms with van der Waals surface area (Å²) in [5, 5.41) is 9.13. The zero-order valence-electron chi connectivity index (χ0n) is 9.70. The third-order valence-electron chi connectivity index (χ3n) is 2.72. The van der Waals surface area contributed by atoms with E-state index < -0.39 is 0 Å². The van der Waals surface area contributed by atoms with Crippen LogP contribution in [0.15, 0.2) is 15.9 Å². The van der Waals surface area contributed by atoms with Crippen LogP contribution in [0.1, 0.15) is 6.42 Å². The largest absolute Gasteiger partial charge is 0.318 e. The molecule has 0 aliphatic carbocycles. The van der Waals surface area contributed by atoms with Crippen LogP contribution in [0.25, 0.3) is 0 Å². The average molecular weight is 318 g/mol. The Labute approximate surface area is 114 Å². The van der Waals surface area contributed by atoms with Gasteiger partial charge in [-0.2, -0.15) is 0 Å². The molecule has 0 radical (unpaired) electrons. The van der Waals surface area contributed by atoms with Crippen molar-refractivity contribution in [2.45, 2.75) is 12.5 Å². The zero-order valence-corrected chi connectivity index (χ0v) is 12.1. The fourth-order valence-corrected chi connectivity index (χ4v) is 3.26. The first-order valence-corrected chi connectivity index (χ1v) is 7.26. The summed E-state index contributed by atoms with van der Waals surface area (Å²) in [4.78, 5) is 14.1. The second-order valence-electron chi connectivity index (χ2n) is 4.29. The number of hydrogen-bond acceptors (Lipinski definition) is 4. The maximum Gasteiger partial charge on any atom is 0.226 e. The van der Waals surface area contributed by atoms with Crippen molar-refractivity contribution >= 4 is 38.2 Å². The lowest BCUT2D eigenvalue weighted by Crippen LogP contribution is -2.50. The Morgan fingerprint density at radius 2 is 2.59 bits per heavy atom. The Hall–Kier alpha value is -0.430. The van der Waals surface area contributed by atoms with Crippen LogP contribution in [0, 0.1) is 0 Å². The van der Waals surface area contributed by atoms with Crippen LogP contribution in [0.3, 0.4) is 0 Å². The number of carbonyl (C=O) groups excluding carboxylic acids is 1. The SMILES string of the molecule is CN1CCNC(CC(=O)Nc2cc(Br)cs2)C1. The molecule has 1 aromatic rings. The van der Waals surface area contributed by atoms with Crippen LogP contribution in [0.2, 0.25) is 0 Å². The van der Waals surface area contributed by atoms with Gasteiger partial charge in [0.2, 0.25) is 5.91 Å². The summed E-state index contributed by atoms with van der Waals surface area (Å²) in [5.41, 5.74) is 0. The normalized spacial score (nSPS) is 21.4. The van der Waals surface area contributed by atoms with Crippen molar-refractivity contribution in [3.63, 3.8) is 0 Å². The van der Waals surface area contributed by atoms with E-state index in [4.69, 9.17) is 0 Å². The van der Waals surface area contributed by atoms with Gasteiger partial charge in [-0.05, 0) is 29.0 Å². The second-order valence-corrected chi connectivity index (χ2v) is 6.12. The molecule has 0 bridgehead atoms. The molecule has 17 heavy (non-hydrogen) atoms. The molecule has 1 amide bonds. The molecule has 1 aliphatic rings. The highest BCUT2D eigenvalue weighted by atomic mass is 79.9. The van der Waals surface area contributed by atoms with Gasteiger partial charge in [0.05, 0.1) is 5.00 Å². The van der Waals surface area contributed by atoms with Crippen molar-refractivity contribution in [1.82, 2.24) is 10.2 Å². The van der Waals surface area contributed by atoms with Crippen molar-refractivity contribution < 1.29 is 4.79 Å². The first-order valence-electron chi connectivity index (χ1n) is 5.59. The Kier molecular flexibility index (Phi) is 4.55. The molecule has 1 saturated heterocycles. The van der Waals surface area contributed by atoms with Crippen molar-refractivity contribution in [3.05, 3.63) is 15.9 Å². The van der Waals surface area contributed by atoms with Crippen LogP contribution in [0.4, 0.5) is 5.00 Å². The topological polar surface area (TPSA) is 44.4 Å². The van der Waals surface area contributed by atoms with Gasteiger partial charge >= 0.3 is 0 Å². The molecule has 0 aromatic carbocycles. The first-order chi connectivity index (χ1) is 8.13. The molecular formula is C11H16BrN3OS. The molecule has 0 spiro atoms. The van der Waals surface area contributed by atoms with Crippen molar-refractivity contribution in [1.29, 1.82) is 0 Å². The molecule has 4 nitrogen and oxygen atoms in total. The maximum atomic E-state index is 11.8. The number of hydrogen-bond donors (Lipinski definition) is 2. The second kappa shape index (κ2) is 5.95. The lowest BCUT2D eigenvalue weighted by Gasteiger charge is -2.30. The quantitative estimate of drug-likeness (QED) is 0.892. The highest BCUT2D eigenvalue weighted by Crippen LogP contribution is 2.24. The van der Waals surface area contributed by atoms with Crippen molar-refractivity contribution in [2.75, 3.05) is 32.0 Å². The van der Waals surface area contributed by atoms with Gasteiger partial charge in [-0.15, -0.1) is 11.3 Å². The predicted octanol–water partition coefficient (Wildman–Crippen LogP) is 1.74. The molecule has 2 rings (SSSR count). The monoisotopic (exact) mass is 317 g/mol. The molecular weight excluding hydrogens is 302 g/mol. The van der Waals surface area contributed by atoms with E-state index in [-0.39, 0.29) is 11.9 Å². The van der Waals surface area contributed by atoms with E-state index in [0.717, 1.165) is 29.1 Å². The number of anilines is 1. The summed E-state index contributed by atoms with van der Waals surface area (Å²) in [7, 11) is 2.09. The summed E-state index contributed by atoms with van der Waals surface area (Å²) in [5.74, 6) is 0.0761. The van der Waals surface area contributed by atoms with Gasteiger partial charge < -0.3 is 15.5 Å². The van der Waals surface area contributed by atoms with Gasteiger partial charge in [-0.25, -0.2) is 0 Å². The number of likely N-dealkylation sites (N-methyl/N-ethyl adjacent to an activating group) is 1. The number of nitrogens with one attached hydrogen (secondary N) is 2. The van der Waals surface area contributed by atoms with Crippen LogP contribution < -0.4 is 10.6 Å². The van der Waals surface area contributed by atoms with Gasteiger partial charge in [0, 0.05) is 41.9 Å². The highest BCUT2D eigenvalue weighted by Gasteiger charge is 2.19. The fourth-order valence-electron chi connectivity index (χ4n) is 1.92. The smallest absolute Gasteiger partial charge is 0.226 e. The third kappa shape index (κ3) is 4.06. The Balaban J connectivity index is 1.80. The van der Waals surface area contributed by atoms with Crippen LogP contribution in [-0.2, 0) is 4.79 Å². The summed E-state index contributed by atoms with van der Waals surface area (Å²) in [6, 6.07) is 2.18. The number of nitrogens with zero attached hydrogens (tertiary/aromatic N) is 1. The van der Waals surface area contributed by atoms with Gasteiger partial charge in [0.15, 0.2) is 0 Å². The highest BCUT2D eigenvalue weighted by molar-refractivity contribution is 9.10. The maximum absolute atomic E-state index is 11.8. The number of carbonyl (C=O) groups is 1. The van der Waals surface area contributed by atoms with E-state index in [1.54, 1.807) is 0 Å². The van der Waals surface area contributed by atoms with Gasteiger partial charge in [0.1, 0.15) is 0 Å². The molecule has 94 valence electrons. The van der Waals surface area contributed by atoms with Gasteiger partial charge in [-0.3, -0.25) is 4.79 Å². The van der Waals surface area contributed by atoms with Gasteiger partial charge in [0.25, 0.3) is 0 Å². The fraction of sp³-hybridized carbons (Fsp3) is 0.545. The van der Waals surface area contributed by atoms with Crippen LogP contribution in [0.5, 0.6) is 0 Å². The Morgan fingerprint density at radius 3 is 3.24 bits per heavy atom. The van der Waals surface area contributed by atoms with E-state index in [0.29, 0.717) is 6.42 Å². The van der Waals surface area contributed by atoms with Crippen LogP contribution >= 0.6 is 27.3 Å². The lowest BCUT2D eigenvalue weighted by atomic mass is 10.1. The first kappa shape index (κ1) is 13.0. The Morgan fingerprint density at radius 1 is 1.76 bits per heavy atom. The molecule has 1 aromatic heterocycles. The van der Waals surface area contributed by atoms with E-state index in [1.165, 1.54) is 11.3 Å². The van der Waals surface area contributed by atoms with Crippen molar-refractivity contribution in [3.8, 4) is 0 Å². The summed E-state index contributed by atoms with van der Waals surface area (Å²) >= 11 is 4.90. The van der Waals surface area contributed by atoms with Crippen molar-refractivity contribution in [2.24, 2.45) is 0 Å². The molecule has 1 unspecified atom stereocenters. The van der Waals surface area contributed by atoms with E-state index in [2.05, 4.69) is 38.5 Å². The minimum absolute atomic E-state index is 0.0761. The third-order valence-corrected chi connectivity index (χ3v) is 4.33. The van der Waals surface area contributed by atoms with Gasteiger partial charge in [-0.1, -0.05) is 0 Å². The average Bonchev–Trinajstić information content (AvgIpc) is 2.63. The number of halogens is 1. The number of piperazine rings is 1. The molecule has 1 aliphatic heterocycles. The molecule has 2 N–H and O–H groups in total. The standard InChI is InChI=1S/C11H16BrN3OS/c1-15-3-2-13-9(6-15)5-10(16)14-11-4-8(12)7-17-11/h4,7,9,13H,2-3,5-6H2,1H3,(H,14,16).